The second-order valence-corrected chi connectivity index (χ2v) is 6.62. The molecule has 0 atom stereocenters. The zero-order valence-electron chi connectivity index (χ0n) is 15.3. The van der Waals surface area contributed by atoms with E-state index >= 15 is 0 Å². The fraction of sp³-hybridized carbons (Fsp3) is 0.333. The molecule has 0 radical (unpaired) electrons. The lowest BCUT2D eigenvalue weighted by Crippen LogP contribution is -2.23. The zero-order valence-corrected chi connectivity index (χ0v) is 17.5. The highest BCUT2D eigenvalue weighted by Gasteiger charge is 2.29. The molecule has 0 bridgehead atoms. The van der Waals surface area contributed by atoms with Crippen molar-refractivity contribution >= 4 is 40.2 Å². The first kappa shape index (κ1) is 22.8. The average Bonchev–Trinajstić information content (AvgIpc) is 2.70. The van der Waals surface area contributed by atoms with E-state index < -0.39 is 18.7 Å². The van der Waals surface area contributed by atoms with E-state index in [1.54, 1.807) is 13.0 Å². The molecule has 11 heteroatoms. The minimum absolute atomic E-state index is 0.0859. The first-order valence-electron chi connectivity index (χ1n) is 8.49. The van der Waals surface area contributed by atoms with Crippen molar-refractivity contribution < 1.29 is 27.5 Å². The maximum absolute atomic E-state index is 12.3. The Kier molecular flexibility index (Phi) is 8.17. The lowest BCUT2D eigenvalue weighted by atomic mass is 10.2. The molecule has 0 spiro atoms. The van der Waals surface area contributed by atoms with Crippen molar-refractivity contribution in [2.45, 2.75) is 30.5 Å². The molecule has 2 rings (SSSR count). The monoisotopic (exact) mass is 522 g/mol. The van der Waals surface area contributed by atoms with Gasteiger partial charge in [-0.25, -0.2) is 9.97 Å². The predicted octanol–water partition coefficient (Wildman–Crippen LogP) is 3.63. The van der Waals surface area contributed by atoms with Gasteiger partial charge >= 0.3 is 6.18 Å². The number of ether oxygens (including phenoxy) is 1. The minimum Gasteiger partial charge on any atom is -0.468 e. The number of aromatic nitrogens is 2. The minimum atomic E-state index is -4.45. The highest BCUT2D eigenvalue weighted by atomic mass is 127. The number of pyridine rings is 2. The van der Waals surface area contributed by atoms with E-state index in [-0.39, 0.29) is 30.6 Å². The van der Waals surface area contributed by atoms with Crippen LogP contribution in [0.3, 0.4) is 0 Å². The summed E-state index contributed by atoms with van der Waals surface area (Å²) in [4.78, 5) is 31.7. The largest absolute Gasteiger partial charge is 0.468 e. The average molecular weight is 522 g/mol. The van der Waals surface area contributed by atoms with Crippen molar-refractivity contribution in [1.29, 1.82) is 0 Å². The van der Waals surface area contributed by atoms with Gasteiger partial charge in [-0.1, -0.05) is 29.5 Å². The molecule has 2 aromatic heterocycles. The summed E-state index contributed by atoms with van der Waals surface area (Å²) in [6.45, 7) is 0.399. The Morgan fingerprint density at radius 3 is 2.66 bits per heavy atom. The number of hydrogen-bond donors (Lipinski definition) is 2. The van der Waals surface area contributed by atoms with Crippen LogP contribution in [-0.4, -0.2) is 34.6 Å². The van der Waals surface area contributed by atoms with Crippen LogP contribution >= 0.6 is 22.6 Å². The van der Waals surface area contributed by atoms with Crippen LogP contribution in [0.4, 0.5) is 19.0 Å². The number of carbonyl (C=O) groups excluding carboxylic acids is 2. The summed E-state index contributed by atoms with van der Waals surface area (Å²) in [5, 5.41) is 5.26. The number of alkyl halides is 4. The number of nitrogens with zero attached hydrogens (tertiary/aromatic N) is 2. The normalized spacial score (nSPS) is 11.1. The molecule has 2 amide bonds. The van der Waals surface area contributed by atoms with Gasteiger partial charge in [0.15, 0.2) is 6.61 Å². The summed E-state index contributed by atoms with van der Waals surface area (Å²) >= 11 is 1.99. The van der Waals surface area contributed by atoms with Crippen LogP contribution in [-0.2, 0) is 15.8 Å². The van der Waals surface area contributed by atoms with Gasteiger partial charge in [0.25, 0.3) is 5.91 Å². The van der Waals surface area contributed by atoms with Gasteiger partial charge < -0.3 is 15.4 Å². The molecule has 7 nitrogen and oxygen atoms in total. The van der Waals surface area contributed by atoms with Gasteiger partial charge in [0.2, 0.25) is 11.8 Å². The maximum atomic E-state index is 12.3. The van der Waals surface area contributed by atoms with Crippen LogP contribution in [0.25, 0.3) is 0 Å². The molecular weight excluding hydrogens is 504 g/mol. The topological polar surface area (TPSA) is 93.2 Å². The zero-order chi connectivity index (χ0) is 21.4. The fourth-order valence-corrected chi connectivity index (χ4v) is 2.72. The van der Waals surface area contributed by atoms with E-state index in [9.17, 15) is 22.8 Å². The first-order chi connectivity index (χ1) is 13.7. The third-order valence-corrected chi connectivity index (χ3v) is 4.38. The van der Waals surface area contributed by atoms with E-state index in [0.29, 0.717) is 21.1 Å². The van der Waals surface area contributed by atoms with E-state index in [4.69, 9.17) is 4.74 Å². The third-order valence-electron chi connectivity index (χ3n) is 3.56. The molecule has 0 saturated heterocycles. The molecular formula is C18H18F3IN4O3. The summed E-state index contributed by atoms with van der Waals surface area (Å²) in [5.41, 5.74) is 1.41. The van der Waals surface area contributed by atoms with E-state index in [1.165, 1.54) is 24.5 Å². The summed E-state index contributed by atoms with van der Waals surface area (Å²) < 4.78 is 42.1. The van der Waals surface area contributed by atoms with Crippen LogP contribution < -0.4 is 15.4 Å². The van der Waals surface area contributed by atoms with Crippen LogP contribution in [0, 0.1) is 0 Å². The van der Waals surface area contributed by atoms with Crippen LogP contribution in [0.1, 0.15) is 34.8 Å². The summed E-state index contributed by atoms with van der Waals surface area (Å²) in [6, 6.07) is 4.58. The van der Waals surface area contributed by atoms with Gasteiger partial charge in [-0.2, -0.15) is 13.2 Å². The number of carbonyl (C=O) groups is 2. The van der Waals surface area contributed by atoms with Crippen LogP contribution in [0.2, 0.25) is 0 Å². The van der Waals surface area contributed by atoms with Crippen molar-refractivity contribution in [2.75, 3.05) is 11.9 Å². The van der Waals surface area contributed by atoms with E-state index in [2.05, 4.69) is 20.6 Å². The molecule has 0 saturated carbocycles. The molecule has 156 valence electrons. The molecule has 0 aliphatic heterocycles. The SMILES string of the molecule is CCC(=O)Nc1cc(C(=O)NCc2cnc(OCC(F)(F)F)c(CI)c2)ccn1. The van der Waals surface area contributed by atoms with Gasteiger partial charge in [0, 0.05) is 40.9 Å². The smallest absolute Gasteiger partial charge is 0.422 e. The van der Waals surface area contributed by atoms with Crippen molar-refractivity contribution in [3.05, 3.63) is 47.3 Å². The second-order valence-electron chi connectivity index (χ2n) is 5.86. The van der Waals surface area contributed by atoms with Crippen molar-refractivity contribution in [3.8, 4) is 5.88 Å². The molecule has 0 aliphatic rings. The number of amides is 2. The standard InChI is InChI=1S/C18H18F3IN4O3/c1-2-15(27)26-14-6-12(3-4-23-14)16(28)24-8-11-5-13(7-22)17(25-9-11)29-10-18(19,20)21/h3-6,9H,2,7-8,10H2,1H3,(H,24,28)(H,23,26,27). The number of halogens is 4. The van der Waals surface area contributed by atoms with Gasteiger partial charge in [-0.15, -0.1) is 0 Å². The van der Waals surface area contributed by atoms with Crippen LogP contribution in [0.5, 0.6) is 5.88 Å². The van der Waals surface area contributed by atoms with Crippen molar-refractivity contribution in [3.63, 3.8) is 0 Å². The highest BCUT2D eigenvalue weighted by molar-refractivity contribution is 14.1. The molecule has 2 heterocycles. The molecule has 2 N–H and O–H groups in total. The quantitative estimate of drug-likeness (QED) is 0.408. The second kappa shape index (κ2) is 10.4. The van der Waals surface area contributed by atoms with Gasteiger partial charge in [-0.05, 0) is 23.8 Å². The van der Waals surface area contributed by atoms with E-state index in [0.717, 1.165) is 0 Å². The molecule has 0 aliphatic carbocycles. The Bertz CT molecular complexity index is 878. The summed E-state index contributed by atoms with van der Waals surface area (Å²) in [7, 11) is 0. The lowest BCUT2D eigenvalue weighted by molar-refractivity contribution is -0.154. The Morgan fingerprint density at radius 2 is 2.00 bits per heavy atom. The van der Waals surface area contributed by atoms with Gasteiger partial charge in [0.1, 0.15) is 5.82 Å². The van der Waals surface area contributed by atoms with E-state index in [1.807, 2.05) is 22.6 Å². The number of nitrogens with one attached hydrogen (secondary N) is 2. The Labute approximate surface area is 178 Å². The first-order valence-corrected chi connectivity index (χ1v) is 10.0. The third kappa shape index (κ3) is 7.48. The fourth-order valence-electron chi connectivity index (χ4n) is 2.18. The molecule has 0 aromatic carbocycles. The van der Waals surface area contributed by atoms with Crippen molar-refractivity contribution in [1.82, 2.24) is 15.3 Å². The van der Waals surface area contributed by atoms with Crippen molar-refractivity contribution in [2.24, 2.45) is 0 Å². The number of rotatable bonds is 8. The Balaban J connectivity index is 2.01. The summed E-state index contributed by atoms with van der Waals surface area (Å²) in [5.74, 6) is -0.435. The molecule has 0 unspecified atom stereocenters. The van der Waals surface area contributed by atoms with Gasteiger partial charge in [0.05, 0.1) is 0 Å². The van der Waals surface area contributed by atoms with Gasteiger partial charge in [-0.3, -0.25) is 9.59 Å². The highest BCUT2D eigenvalue weighted by Crippen LogP contribution is 2.23. The Hall–Kier alpha value is -2.44. The molecule has 29 heavy (non-hydrogen) atoms. The lowest BCUT2D eigenvalue weighted by Gasteiger charge is -2.12. The predicted molar refractivity (Wildman–Crippen MR) is 108 cm³/mol. The number of hydrogen-bond acceptors (Lipinski definition) is 5. The van der Waals surface area contributed by atoms with Crippen LogP contribution in [0.15, 0.2) is 30.6 Å². The summed E-state index contributed by atoms with van der Waals surface area (Å²) in [6.07, 6.45) is -1.41. The molecule has 0 fully saturated rings. The molecule has 2 aromatic rings. The Morgan fingerprint density at radius 1 is 1.24 bits per heavy atom. The number of anilines is 1. The maximum Gasteiger partial charge on any atom is 0.422 e.